The first-order valence-electron chi connectivity index (χ1n) is 8.94. The molecule has 0 saturated heterocycles. The number of hydrogen-bond donors (Lipinski definition) is 5. The fraction of sp³-hybridized carbons (Fsp3) is 0.882. The van der Waals surface area contributed by atoms with Crippen molar-refractivity contribution in [2.45, 2.75) is 83.4 Å². The molecular weight excluding hydrogens is 312 g/mol. The number of aliphatic carboxylic acids is 1. The van der Waals surface area contributed by atoms with Gasteiger partial charge in [0, 0.05) is 19.6 Å². The lowest BCUT2D eigenvalue weighted by atomic mass is 10.0. The SMILES string of the molecule is CCCCCC(O)C(CCO)NCCCC[C@H](NC(C)=O)C(=O)O. The van der Waals surface area contributed by atoms with Gasteiger partial charge in [-0.3, -0.25) is 4.79 Å². The second kappa shape index (κ2) is 14.2. The lowest BCUT2D eigenvalue weighted by molar-refractivity contribution is -0.141. The Morgan fingerprint density at radius 2 is 1.71 bits per heavy atom. The van der Waals surface area contributed by atoms with Crippen LogP contribution in [0, 0.1) is 0 Å². The minimum absolute atomic E-state index is 0.0200. The Kier molecular flexibility index (Phi) is 13.5. The maximum atomic E-state index is 11.0. The summed E-state index contributed by atoms with van der Waals surface area (Å²) in [6, 6.07) is -0.993. The van der Waals surface area contributed by atoms with Gasteiger partial charge in [-0.25, -0.2) is 4.79 Å². The van der Waals surface area contributed by atoms with E-state index in [0.717, 1.165) is 32.1 Å². The molecule has 0 aliphatic heterocycles. The molecule has 5 N–H and O–H groups in total. The van der Waals surface area contributed by atoms with E-state index in [1.165, 1.54) is 6.92 Å². The van der Waals surface area contributed by atoms with Crippen LogP contribution in [0.1, 0.15) is 65.2 Å². The van der Waals surface area contributed by atoms with E-state index in [1.807, 2.05) is 0 Å². The Balaban J connectivity index is 4.05. The number of aliphatic hydroxyl groups is 2. The van der Waals surface area contributed by atoms with E-state index in [1.54, 1.807) is 0 Å². The first kappa shape index (κ1) is 22.8. The van der Waals surface area contributed by atoms with Gasteiger partial charge in [0.15, 0.2) is 0 Å². The van der Waals surface area contributed by atoms with Crippen molar-refractivity contribution in [2.24, 2.45) is 0 Å². The van der Waals surface area contributed by atoms with E-state index in [9.17, 15) is 14.7 Å². The molecule has 0 aliphatic rings. The van der Waals surface area contributed by atoms with Crippen LogP contribution in [0.3, 0.4) is 0 Å². The van der Waals surface area contributed by atoms with Gasteiger partial charge in [0.2, 0.25) is 5.91 Å². The largest absolute Gasteiger partial charge is 0.480 e. The molecule has 0 aromatic heterocycles. The molecule has 1 amide bonds. The highest BCUT2D eigenvalue weighted by atomic mass is 16.4. The molecule has 0 rings (SSSR count). The Hall–Kier alpha value is -1.18. The van der Waals surface area contributed by atoms with Crippen molar-refractivity contribution in [2.75, 3.05) is 13.2 Å². The molecule has 0 saturated carbocycles. The smallest absolute Gasteiger partial charge is 0.326 e. The zero-order valence-electron chi connectivity index (χ0n) is 15.0. The maximum Gasteiger partial charge on any atom is 0.326 e. The van der Waals surface area contributed by atoms with Crippen molar-refractivity contribution >= 4 is 11.9 Å². The van der Waals surface area contributed by atoms with Crippen molar-refractivity contribution < 1.29 is 24.9 Å². The fourth-order valence-electron chi connectivity index (χ4n) is 2.64. The third kappa shape index (κ3) is 11.4. The van der Waals surface area contributed by atoms with E-state index in [4.69, 9.17) is 10.2 Å². The van der Waals surface area contributed by atoms with Crippen LogP contribution in [-0.4, -0.2) is 58.5 Å². The molecule has 0 aliphatic carbocycles. The summed E-state index contributed by atoms with van der Waals surface area (Å²) in [6.07, 6.45) is 5.67. The zero-order valence-corrected chi connectivity index (χ0v) is 15.0. The molecule has 2 unspecified atom stereocenters. The van der Waals surface area contributed by atoms with Crippen LogP contribution in [-0.2, 0) is 9.59 Å². The van der Waals surface area contributed by atoms with Crippen LogP contribution in [0.25, 0.3) is 0 Å². The van der Waals surface area contributed by atoms with E-state index in [0.29, 0.717) is 25.8 Å². The number of nitrogens with one attached hydrogen (secondary N) is 2. The number of amides is 1. The average Bonchev–Trinajstić information content (AvgIpc) is 2.52. The number of carboxylic acids is 1. The quantitative estimate of drug-likeness (QED) is 0.283. The predicted octanol–water partition coefficient (Wildman–Crippen LogP) is 1.03. The van der Waals surface area contributed by atoms with E-state index >= 15 is 0 Å². The summed E-state index contributed by atoms with van der Waals surface area (Å²) < 4.78 is 0. The number of hydrogen-bond acceptors (Lipinski definition) is 5. The number of carbonyl (C=O) groups excluding carboxylic acids is 1. The number of unbranched alkanes of at least 4 members (excludes halogenated alkanes) is 3. The molecule has 0 spiro atoms. The lowest BCUT2D eigenvalue weighted by Crippen LogP contribution is -2.41. The normalized spacial score (nSPS) is 14.8. The van der Waals surface area contributed by atoms with Gasteiger partial charge in [0.1, 0.15) is 6.04 Å². The van der Waals surface area contributed by atoms with Gasteiger partial charge in [0.25, 0.3) is 0 Å². The summed E-state index contributed by atoms with van der Waals surface area (Å²) in [5.74, 6) is -1.37. The van der Waals surface area contributed by atoms with Crippen LogP contribution in [0.2, 0.25) is 0 Å². The second-order valence-electron chi connectivity index (χ2n) is 6.22. The third-order valence-corrected chi connectivity index (χ3v) is 4.01. The minimum atomic E-state index is -1.03. The Bertz CT molecular complexity index is 352. The molecular formula is C17H34N2O5. The van der Waals surface area contributed by atoms with Crippen molar-refractivity contribution in [1.29, 1.82) is 0 Å². The summed E-state index contributed by atoms with van der Waals surface area (Å²) in [4.78, 5) is 22.0. The van der Waals surface area contributed by atoms with Gasteiger partial charge in [-0.2, -0.15) is 0 Å². The second-order valence-corrected chi connectivity index (χ2v) is 6.22. The number of carboxylic acid groups (broad SMARTS) is 1. The van der Waals surface area contributed by atoms with Crippen molar-refractivity contribution in [3.63, 3.8) is 0 Å². The topological polar surface area (TPSA) is 119 Å². The van der Waals surface area contributed by atoms with Crippen LogP contribution in [0.5, 0.6) is 0 Å². The summed E-state index contributed by atoms with van der Waals surface area (Å²) in [7, 11) is 0. The van der Waals surface area contributed by atoms with Crippen LogP contribution in [0.15, 0.2) is 0 Å². The summed E-state index contributed by atoms with van der Waals surface area (Å²) in [6.45, 7) is 4.08. The van der Waals surface area contributed by atoms with E-state index in [-0.39, 0.29) is 18.6 Å². The van der Waals surface area contributed by atoms with E-state index in [2.05, 4.69) is 17.6 Å². The van der Waals surface area contributed by atoms with E-state index < -0.39 is 18.1 Å². The Morgan fingerprint density at radius 1 is 1.04 bits per heavy atom. The minimum Gasteiger partial charge on any atom is -0.480 e. The molecule has 24 heavy (non-hydrogen) atoms. The van der Waals surface area contributed by atoms with Crippen LogP contribution < -0.4 is 10.6 Å². The van der Waals surface area contributed by atoms with Gasteiger partial charge < -0.3 is 26.0 Å². The lowest BCUT2D eigenvalue weighted by Gasteiger charge is -2.24. The zero-order chi connectivity index (χ0) is 18.4. The first-order valence-corrected chi connectivity index (χ1v) is 8.94. The molecule has 0 fully saturated rings. The summed E-state index contributed by atoms with van der Waals surface area (Å²) >= 11 is 0. The predicted molar refractivity (Wildman–Crippen MR) is 92.7 cm³/mol. The summed E-state index contributed by atoms with van der Waals surface area (Å²) in [5.41, 5.74) is 0. The first-order chi connectivity index (χ1) is 11.4. The third-order valence-electron chi connectivity index (χ3n) is 4.01. The van der Waals surface area contributed by atoms with Crippen molar-refractivity contribution in [1.82, 2.24) is 10.6 Å². The molecule has 3 atom stereocenters. The molecule has 0 radical (unpaired) electrons. The summed E-state index contributed by atoms with van der Waals surface area (Å²) in [5, 5.41) is 34.0. The Morgan fingerprint density at radius 3 is 2.25 bits per heavy atom. The number of carbonyl (C=O) groups is 2. The number of aliphatic hydroxyl groups excluding tert-OH is 2. The highest BCUT2D eigenvalue weighted by Crippen LogP contribution is 2.10. The van der Waals surface area contributed by atoms with Crippen LogP contribution >= 0.6 is 0 Å². The highest BCUT2D eigenvalue weighted by molar-refractivity contribution is 5.81. The standard InChI is InChI=1S/C17H34N2O5/c1-3-4-5-9-16(22)14(10-12-20)18-11-7-6-8-15(17(23)24)19-13(2)21/h14-16,18,20,22H,3-12H2,1-2H3,(H,19,21)(H,23,24)/t14?,15-,16?/m0/s1. The van der Waals surface area contributed by atoms with Crippen molar-refractivity contribution in [3.8, 4) is 0 Å². The van der Waals surface area contributed by atoms with Crippen LogP contribution in [0.4, 0.5) is 0 Å². The highest BCUT2D eigenvalue weighted by Gasteiger charge is 2.19. The molecule has 142 valence electrons. The maximum absolute atomic E-state index is 11.0. The number of rotatable bonds is 15. The van der Waals surface area contributed by atoms with Crippen molar-refractivity contribution in [3.05, 3.63) is 0 Å². The molecule has 0 aromatic rings. The Labute approximate surface area is 144 Å². The van der Waals surface area contributed by atoms with Gasteiger partial charge >= 0.3 is 5.97 Å². The van der Waals surface area contributed by atoms with Gasteiger partial charge in [-0.1, -0.05) is 26.2 Å². The molecule has 0 heterocycles. The monoisotopic (exact) mass is 346 g/mol. The fourth-order valence-corrected chi connectivity index (χ4v) is 2.64. The molecule has 7 nitrogen and oxygen atoms in total. The molecule has 0 bridgehead atoms. The average molecular weight is 346 g/mol. The van der Waals surface area contributed by atoms with Gasteiger partial charge in [-0.05, 0) is 38.6 Å². The molecule has 0 aromatic carbocycles. The molecule has 7 heteroatoms. The van der Waals surface area contributed by atoms with Gasteiger partial charge in [0.05, 0.1) is 6.10 Å². The van der Waals surface area contributed by atoms with Gasteiger partial charge in [-0.15, -0.1) is 0 Å².